The number of rotatable bonds is 12. The Kier molecular flexibility index (Phi) is 13.4. The quantitative estimate of drug-likeness (QED) is 0.0906. The van der Waals surface area contributed by atoms with E-state index in [0.717, 1.165) is 67.2 Å². The summed E-state index contributed by atoms with van der Waals surface area (Å²) < 4.78 is 0. The van der Waals surface area contributed by atoms with Crippen LogP contribution in [-0.4, -0.2) is 0 Å². The molecule has 0 heterocycles. The maximum atomic E-state index is 10.5. The number of para-hydroxylation sites is 2. The van der Waals surface area contributed by atoms with Crippen LogP contribution in [0.2, 0.25) is 0 Å². The zero-order valence-electron chi connectivity index (χ0n) is 38.6. The second-order valence-corrected chi connectivity index (χ2v) is 18.4. The number of nitriles is 1. The number of hydrogen-bond acceptors (Lipinski definition) is 3. The van der Waals surface area contributed by atoms with E-state index in [4.69, 9.17) is 6.57 Å². The minimum absolute atomic E-state index is 0.538. The van der Waals surface area contributed by atoms with Crippen LogP contribution in [0.5, 0.6) is 0 Å². The van der Waals surface area contributed by atoms with Gasteiger partial charge in [-0.25, -0.2) is 4.85 Å². The normalized spacial score (nSPS) is 14.5. The Balaban J connectivity index is 0.863. The van der Waals surface area contributed by atoms with Crippen LogP contribution in [0.1, 0.15) is 115 Å². The summed E-state index contributed by atoms with van der Waals surface area (Å²) in [5.41, 5.74) is 14.4. The summed E-state index contributed by atoms with van der Waals surface area (Å²) in [7, 11) is 0. The lowest BCUT2D eigenvalue weighted by molar-refractivity contribution is 0.443. The highest BCUT2D eigenvalue weighted by Crippen LogP contribution is 2.41. The van der Waals surface area contributed by atoms with Gasteiger partial charge in [-0.15, -0.1) is 0 Å². The molecule has 0 spiro atoms. The van der Waals surface area contributed by atoms with Crippen molar-refractivity contribution in [2.24, 2.45) is 0 Å². The van der Waals surface area contributed by atoms with Gasteiger partial charge in [0.05, 0.1) is 12.1 Å². The fourth-order valence-corrected chi connectivity index (χ4v) is 10.5. The molecule has 10 rings (SSSR count). The van der Waals surface area contributed by atoms with Crippen molar-refractivity contribution in [1.82, 2.24) is 0 Å². The van der Waals surface area contributed by atoms with Gasteiger partial charge in [0.25, 0.3) is 0 Å². The molecule has 0 unspecified atom stereocenters. The summed E-state index contributed by atoms with van der Waals surface area (Å²) in [6.07, 6.45) is 21.3. The van der Waals surface area contributed by atoms with Gasteiger partial charge in [0, 0.05) is 34.1 Å². The van der Waals surface area contributed by atoms with Gasteiger partial charge in [-0.3, -0.25) is 0 Å². The van der Waals surface area contributed by atoms with Crippen LogP contribution in [0.15, 0.2) is 182 Å². The minimum atomic E-state index is 0.538. The number of benzene rings is 8. The summed E-state index contributed by atoms with van der Waals surface area (Å²) in [6, 6.07) is 66.9. The fourth-order valence-electron chi connectivity index (χ4n) is 10.5. The molecule has 2 fully saturated rings. The first kappa shape index (κ1) is 43.9. The molecule has 8 aromatic carbocycles. The molecule has 4 nitrogen and oxygen atoms in total. The van der Waals surface area contributed by atoms with Crippen LogP contribution >= 0.6 is 0 Å². The van der Waals surface area contributed by atoms with E-state index in [9.17, 15) is 5.26 Å². The van der Waals surface area contributed by atoms with E-state index in [0.29, 0.717) is 23.1 Å². The maximum Gasteiger partial charge on any atom is 0.202 e. The first-order valence-electron chi connectivity index (χ1n) is 24.5. The molecule has 0 atom stereocenters. The molecule has 0 radical (unpaired) electrons. The van der Waals surface area contributed by atoms with Crippen molar-refractivity contribution < 1.29 is 0 Å². The molecule has 0 bridgehead atoms. The molecule has 332 valence electrons. The fraction of sp³-hybridized carbons (Fsp3) is 0.188. The Labute approximate surface area is 402 Å². The number of nitrogens with zero attached hydrogens (tertiary/aromatic N) is 4. The van der Waals surface area contributed by atoms with E-state index >= 15 is 0 Å². The van der Waals surface area contributed by atoms with Crippen LogP contribution < -0.4 is 9.80 Å². The third kappa shape index (κ3) is 9.64. The molecule has 2 aliphatic carbocycles. The zero-order valence-corrected chi connectivity index (χ0v) is 38.6. The highest BCUT2D eigenvalue weighted by molar-refractivity contribution is 6.03. The van der Waals surface area contributed by atoms with Gasteiger partial charge in [0.15, 0.2) is 0 Å². The molecule has 2 saturated carbocycles. The molecule has 68 heavy (non-hydrogen) atoms. The molecule has 0 N–H and O–H groups in total. The monoisotopic (exact) mass is 880 g/mol. The summed E-state index contributed by atoms with van der Waals surface area (Å²) in [5, 5.41) is 12.0. The minimum Gasteiger partial charge on any atom is -0.311 e. The maximum absolute atomic E-state index is 10.5. The Morgan fingerprint density at radius 3 is 1.22 bits per heavy atom. The molecule has 4 heteroatoms. The van der Waals surface area contributed by atoms with Gasteiger partial charge in [-0.2, -0.15) is 5.26 Å². The van der Waals surface area contributed by atoms with Crippen molar-refractivity contribution in [3.63, 3.8) is 0 Å². The lowest BCUT2D eigenvalue weighted by Crippen LogP contribution is -2.10. The van der Waals surface area contributed by atoms with Gasteiger partial charge in [-0.05, 0) is 154 Å². The third-order valence-corrected chi connectivity index (χ3v) is 14.2. The average molecular weight is 881 g/mol. The summed E-state index contributed by atoms with van der Waals surface area (Å²) in [6.45, 7) is 8.23. The van der Waals surface area contributed by atoms with E-state index < -0.39 is 0 Å². The van der Waals surface area contributed by atoms with Crippen molar-refractivity contribution in [3.05, 3.63) is 232 Å². The van der Waals surface area contributed by atoms with Gasteiger partial charge >= 0.3 is 0 Å². The highest BCUT2D eigenvalue weighted by atomic mass is 15.1. The van der Waals surface area contributed by atoms with Gasteiger partial charge in [0.2, 0.25) is 5.69 Å². The molecule has 0 saturated heterocycles. The number of fused-ring (bicyclic) bond motifs is 1. The Bertz CT molecular complexity index is 2890. The van der Waals surface area contributed by atoms with Crippen molar-refractivity contribution >= 4 is 74.9 Å². The number of hydrogen-bond donors (Lipinski definition) is 0. The molecule has 0 aliphatic heterocycles. The summed E-state index contributed by atoms with van der Waals surface area (Å²) in [4.78, 5) is 8.62. The average Bonchev–Trinajstić information content (AvgIpc) is 3.41. The van der Waals surface area contributed by atoms with E-state index in [1.54, 1.807) is 0 Å². The summed E-state index contributed by atoms with van der Waals surface area (Å²) >= 11 is 0. The Hall–Kier alpha value is -7.92. The largest absolute Gasteiger partial charge is 0.311 e. The standard InChI is InChI=1S/C64H56N4/c1-66-64-54(29-23-48-26-38-58(39-27-48)68(56-20-12-5-13-21-56)60-42-32-52(33-43-60)50-16-8-3-9-17-50)35-44-61-62(64)45-34-53(63(61)46-65)28-22-47-24-36-57(37-25-47)67(55-18-10-4-11-19-55)59-40-30-51(31-41-59)49-14-6-2-7-15-49/h4-5,10-13,18-45,49-50H,2-3,6-9,14-17H2. The lowest BCUT2D eigenvalue weighted by Gasteiger charge is -2.27. The molecule has 2 aliphatic rings. The van der Waals surface area contributed by atoms with Crippen LogP contribution in [0, 0.1) is 17.9 Å². The molecule has 0 aromatic heterocycles. The first-order chi connectivity index (χ1) is 33.6. The molecular weight excluding hydrogens is 825 g/mol. The van der Waals surface area contributed by atoms with E-state index in [1.165, 1.54) is 75.3 Å². The van der Waals surface area contributed by atoms with Crippen molar-refractivity contribution in [1.29, 1.82) is 5.26 Å². The third-order valence-electron chi connectivity index (χ3n) is 14.2. The predicted octanol–water partition coefficient (Wildman–Crippen LogP) is 18.6. The molecule has 8 aromatic rings. The van der Waals surface area contributed by atoms with E-state index in [-0.39, 0.29) is 0 Å². The van der Waals surface area contributed by atoms with Gasteiger partial charge < -0.3 is 9.80 Å². The van der Waals surface area contributed by atoms with Crippen molar-refractivity contribution in [2.75, 3.05) is 9.80 Å². The smallest absolute Gasteiger partial charge is 0.202 e. The van der Waals surface area contributed by atoms with Gasteiger partial charge in [0.1, 0.15) is 6.07 Å². The van der Waals surface area contributed by atoms with Crippen molar-refractivity contribution in [2.45, 2.75) is 76.0 Å². The first-order valence-corrected chi connectivity index (χ1v) is 24.5. The van der Waals surface area contributed by atoms with Crippen LogP contribution in [0.25, 0.3) is 39.9 Å². The van der Waals surface area contributed by atoms with Crippen LogP contribution in [-0.2, 0) is 0 Å². The second-order valence-electron chi connectivity index (χ2n) is 18.4. The zero-order chi connectivity index (χ0) is 46.1. The second kappa shape index (κ2) is 20.7. The predicted molar refractivity (Wildman–Crippen MR) is 287 cm³/mol. The van der Waals surface area contributed by atoms with E-state index in [1.807, 2.05) is 36.4 Å². The highest BCUT2D eigenvalue weighted by Gasteiger charge is 2.20. The molecular formula is C64H56N4. The SMILES string of the molecule is [C-]#[N+]c1c(C=Cc2ccc(N(c3ccccc3)c3ccc(C4CCCCC4)cc3)cc2)ccc2c(C#N)c(C=Cc3ccc(N(c4ccccc4)c4ccc(C5CCCCC5)cc4)cc3)ccc12. The van der Waals surface area contributed by atoms with Crippen LogP contribution in [0.3, 0.4) is 0 Å². The van der Waals surface area contributed by atoms with Crippen molar-refractivity contribution in [3.8, 4) is 6.07 Å². The molecule has 0 amide bonds. The topological polar surface area (TPSA) is 34.6 Å². The number of anilines is 6. The lowest BCUT2D eigenvalue weighted by atomic mass is 9.84. The Morgan fingerprint density at radius 1 is 0.412 bits per heavy atom. The van der Waals surface area contributed by atoms with E-state index in [2.05, 4.69) is 191 Å². The van der Waals surface area contributed by atoms with Gasteiger partial charge in [-0.1, -0.05) is 172 Å². The Morgan fingerprint density at radius 2 is 0.794 bits per heavy atom. The van der Waals surface area contributed by atoms with Crippen LogP contribution in [0.4, 0.5) is 39.8 Å². The summed E-state index contributed by atoms with van der Waals surface area (Å²) in [5.74, 6) is 1.34.